The Hall–Kier alpha value is -0.630. The molecule has 0 aliphatic rings. The average Bonchev–Trinajstić information content (AvgIpc) is 3.56. The van der Waals surface area contributed by atoms with Crippen molar-refractivity contribution in [3.8, 4) is 9.75 Å². The van der Waals surface area contributed by atoms with E-state index < -0.39 is 14.2 Å². The van der Waals surface area contributed by atoms with Crippen LogP contribution in [-0.2, 0) is 12.8 Å². The molecule has 40 heavy (non-hydrogen) atoms. The van der Waals surface area contributed by atoms with E-state index in [0.717, 1.165) is 46.6 Å². The average molecular weight is 591 g/mol. The van der Waals surface area contributed by atoms with Crippen molar-refractivity contribution in [1.29, 1.82) is 0 Å². The largest absolute Gasteiger partial charge is 0.499 e. The molecule has 0 saturated carbocycles. The van der Waals surface area contributed by atoms with Crippen LogP contribution in [0, 0.1) is 0 Å². The first-order valence-corrected chi connectivity index (χ1v) is 18.1. The van der Waals surface area contributed by atoms with Crippen LogP contribution in [0.4, 0.5) is 0 Å². The van der Waals surface area contributed by atoms with Crippen molar-refractivity contribution in [2.45, 2.75) is 155 Å². The zero-order valence-corrected chi connectivity index (χ0v) is 27.1. The molecule has 0 atom stereocenters. The van der Waals surface area contributed by atoms with Gasteiger partial charge in [0.15, 0.2) is 0 Å². The van der Waals surface area contributed by atoms with Gasteiger partial charge in [0.1, 0.15) is 0 Å². The summed E-state index contributed by atoms with van der Waals surface area (Å²) < 4.78 is 1.25. The van der Waals surface area contributed by atoms with Crippen molar-refractivity contribution in [3.05, 3.63) is 23.3 Å². The minimum Gasteiger partial charge on any atom is -0.423 e. The normalized spacial score (nSPS) is 11.4. The summed E-state index contributed by atoms with van der Waals surface area (Å²) in [4.78, 5) is 1.98. The summed E-state index contributed by atoms with van der Waals surface area (Å²) in [5.74, 6) is 0. The first-order valence-electron chi connectivity index (χ1n) is 16.5. The van der Waals surface area contributed by atoms with Crippen molar-refractivity contribution in [2.75, 3.05) is 0 Å². The number of hydrogen-bond donors (Lipinski definition) is 4. The van der Waals surface area contributed by atoms with Gasteiger partial charge in [-0.05, 0) is 48.9 Å². The number of hydrogen-bond acceptors (Lipinski definition) is 6. The molecule has 8 heteroatoms. The van der Waals surface area contributed by atoms with Gasteiger partial charge in [-0.2, -0.15) is 0 Å². The Balaban J connectivity index is 1.82. The highest BCUT2D eigenvalue weighted by Crippen LogP contribution is 2.32. The van der Waals surface area contributed by atoms with Crippen LogP contribution < -0.4 is 9.55 Å². The third-order valence-corrected chi connectivity index (χ3v) is 10.6. The van der Waals surface area contributed by atoms with Gasteiger partial charge in [-0.3, -0.25) is 0 Å². The Morgan fingerprint density at radius 3 is 1.00 bits per heavy atom. The molecule has 2 aromatic heterocycles. The molecule has 2 aromatic rings. The molecule has 0 radical (unpaired) electrons. The summed E-state index contributed by atoms with van der Waals surface area (Å²) in [6.07, 6.45) is 27.3. The zero-order valence-electron chi connectivity index (χ0n) is 25.5. The Kier molecular flexibility index (Phi) is 19.5. The van der Waals surface area contributed by atoms with E-state index in [1.807, 2.05) is 0 Å². The van der Waals surface area contributed by atoms with Gasteiger partial charge in [-0.25, -0.2) is 0 Å². The number of aryl methyl sites for hydroxylation is 2. The maximum absolute atomic E-state index is 10.0. The van der Waals surface area contributed by atoms with Crippen LogP contribution in [0.5, 0.6) is 0 Å². The minimum absolute atomic E-state index is 0.627. The number of rotatable bonds is 25. The standard InChI is InChI=1S/C32H56B2O4S2/c1-3-5-7-9-11-13-15-17-19-21-23-27-25-29(39-31(27)33(35)36)30-26-28(32(40-30)34(37)38)24-22-20-18-16-14-12-10-8-6-4-2/h25-26,35-38H,3-24H2,1-2H3. The molecule has 0 saturated heterocycles. The summed E-state index contributed by atoms with van der Waals surface area (Å²) in [5, 5.41) is 40.1. The molecule has 2 heterocycles. The smallest absolute Gasteiger partial charge is 0.423 e. The van der Waals surface area contributed by atoms with E-state index in [9.17, 15) is 20.1 Å². The second kappa shape index (κ2) is 22.0. The van der Waals surface area contributed by atoms with Crippen molar-refractivity contribution >= 4 is 46.5 Å². The molecule has 0 aromatic carbocycles. The molecule has 0 amide bonds. The topological polar surface area (TPSA) is 80.9 Å². The molecule has 226 valence electrons. The molecule has 4 nitrogen and oxygen atoms in total. The number of unbranched alkanes of at least 4 members (excludes halogenated alkanes) is 18. The molecule has 4 N–H and O–H groups in total. The fourth-order valence-electron chi connectivity index (χ4n) is 5.56. The monoisotopic (exact) mass is 590 g/mol. The van der Waals surface area contributed by atoms with Gasteiger partial charge in [-0.15, -0.1) is 22.7 Å². The quantitative estimate of drug-likeness (QED) is 0.0704. The van der Waals surface area contributed by atoms with Crippen molar-refractivity contribution in [3.63, 3.8) is 0 Å². The molecule has 0 spiro atoms. The van der Waals surface area contributed by atoms with Crippen LogP contribution in [0.2, 0.25) is 0 Å². The van der Waals surface area contributed by atoms with Crippen molar-refractivity contribution in [2.24, 2.45) is 0 Å². The lowest BCUT2D eigenvalue weighted by Crippen LogP contribution is -2.29. The van der Waals surface area contributed by atoms with Gasteiger partial charge in [0.2, 0.25) is 0 Å². The van der Waals surface area contributed by atoms with Crippen molar-refractivity contribution in [1.82, 2.24) is 0 Å². The van der Waals surface area contributed by atoms with E-state index in [2.05, 4.69) is 26.0 Å². The van der Waals surface area contributed by atoms with Crippen LogP contribution in [-0.4, -0.2) is 34.3 Å². The lowest BCUT2D eigenvalue weighted by atomic mass is 9.84. The Morgan fingerprint density at radius 2 is 0.725 bits per heavy atom. The van der Waals surface area contributed by atoms with Crippen LogP contribution in [0.15, 0.2) is 12.1 Å². The lowest BCUT2D eigenvalue weighted by molar-refractivity contribution is 0.425. The van der Waals surface area contributed by atoms with Crippen molar-refractivity contribution < 1.29 is 20.1 Å². The minimum atomic E-state index is -1.47. The predicted octanol–water partition coefficient (Wildman–Crippen LogP) is 7.76. The summed E-state index contributed by atoms with van der Waals surface area (Å²) in [5.41, 5.74) is 2.04. The maximum atomic E-state index is 10.0. The first-order chi connectivity index (χ1) is 19.5. The van der Waals surface area contributed by atoms with Gasteiger partial charge in [0.05, 0.1) is 0 Å². The Morgan fingerprint density at radius 1 is 0.450 bits per heavy atom. The molecule has 2 rings (SSSR count). The third kappa shape index (κ3) is 14.0. The van der Waals surface area contributed by atoms with Crippen LogP contribution in [0.3, 0.4) is 0 Å². The molecule has 0 unspecified atom stereocenters. The summed E-state index contributed by atoms with van der Waals surface area (Å²) in [6, 6.07) is 4.19. The fraction of sp³-hybridized carbons (Fsp3) is 0.750. The van der Waals surface area contributed by atoms with Gasteiger partial charge >= 0.3 is 14.2 Å². The zero-order chi connectivity index (χ0) is 29.0. The van der Waals surface area contributed by atoms with E-state index in [0.29, 0.717) is 9.55 Å². The highest BCUT2D eigenvalue weighted by molar-refractivity contribution is 7.30. The molecule has 0 bridgehead atoms. The third-order valence-electron chi connectivity index (χ3n) is 7.99. The van der Waals surface area contributed by atoms with E-state index in [4.69, 9.17) is 0 Å². The van der Waals surface area contributed by atoms with E-state index in [1.165, 1.54) is 138 Å². The first kappa shape index (κ1) is 35.6. The second-order valence-corrected chi connectivity index (χ2v) is 13.8. The van der Waals surface area contributed by atoms with Gasteiger partial charge in [0.25, 0.3) is 0 Å². The second-order valence-electron chi connectivity index (χ2n) is 11.6. The van der Waals surface area contributed by atoms with E-state index in [-0.39, 0.29) is 0 Å². The van der Waals surface area contributed by atoms with Crippen LogP contribution in [0.25, 0.3) is 9.75 Å². The molecule has 0 aliphatic carbocycles. The highest BCUT2D eigenvalue weighted by Gasteiger charge is 2.24. The van der Waals surface area contributed by atoms with E-state index in [1.54, 1.807) is 0 Å². The summed E-state index contributed by atoms with van der Waals surface area (Å²) in [6.45, 7) is 4.51. The Labute approximate surface area is 253 Å². The number of thiophene rings is 2. The highest BCUT2D eigenvalue weighted by atomic mass is 32.1. The van der Waals surface area contributed by atoms with E-state index >= 15 is 0 Å². The maximum Gasteiger partial charge on any atom is 0.499 e. The summed E-state index contributed by atoms with van der Waals surface area (Å²) >= 11 is 2.85. The summed E-state index contributed by atoms with van der Waals surface area (Å²) in [7, 11) is -2.93. The predicted molar refractivity (Wildman–Crippen MR) is 178 cm³/mol. The fourth-order valence-corrected chi connectivity index (χ4v) is 7.80. The molecule has 0 fully saturated rings. The lowest BCUT2D eigenvalue weighted by Gasteiger charge is -2.04. The van der Waals surface area contributed by atoms with Gasteiger partial charge in [0, 0.05) is 19.3 Å². The van der Waals surface area contributed by atoms with Gasteiger partial charge < -0.3 is 20.1 Å². The molecule has 0 aliphatic heterocycles. The SMILES string of the molecule is CCCCCCCCCCCCc1cc(-c2cc(CCCCCCCCCCCC)c(B(O)O)s2)sc1B(O)O. The molecular weight excluding hydrogens is 534 g/mol. The van der Waals surface area contributed by atoms with Gasteiger partial charge in [-0.1, -0.05) is 129 Å². The molecular formula is C32H56B2O4S2. The van der Waals surface area contributed by atoms with Crippen LogP contribution in [0.1, 0.15) is 153 Å². The Bertz CT molecular complexity index is 825. The van der Waals surface area contributed by atoms with Crippen LogP contribution >= 0.6 is 22.7 Å².